The van der Waals surface area contributed by atoms with Gasteiger partial charge in [-0.05, 0) is 20.3 Å². The first-order chi connectivity index (χ1) is 5.15. The molecule has 0 bridgehead atoms. The van der Waals surface area contributed by atoms with E-state index in [-0.39, 0.29) is 0 Å². The van der Waals surface area contributed by atoms with E-state index in [1.54, 1.807) is 0 Å². The van der Waals surface area contributed by atoms with Gasteiger partial charge in [0.2, 0.25) is 0 Å². The van der Waals surface area contributed by atoms with Crippen LogP contribution in [0.1, 0.15) is 20.3 Å². The second kappa shape index (κ2) is 3.52. The fourth-order valence-electron chi connectivity index (χ4n) is 1.84. The van der Waals surface area contributed by atoms with Crippen molar-refractivity contribution in [2.45, 2.75) is 38.4 Å². The van der Waals surface area contributed by atoms with Gasteiger partial charge in [0.15, 0.2) is 0 Å². The summed E-state index contributed by atoms with van der Waals surface area (Å²) in [5.74, 6) is 0. The lowest BCUT2D eigenvalue weighted by Gasteiger charge is -2.26. The molecule has 0 aliphatic carbocycles. The molecule has 1 fully saturated rings. The van der Waals surface area contributed by atoms with Crippen molar-refractivity contribution >= 4 is 0 Å². The number of rotatable bonds is 2. The highest BCUT2D eigenvalue weighted by Crippen LogP contribution is 2.17. The van der Waals surface area contributed by atoms with Gasteiger partial charge in [0.1, 0.15) is 0 Å². The molecule has 1 heterocycles. The van der Waals surface area contributed by atoms with Crippen molar-refractivity contribution < 1.29 is 0 Å². The number of nitrogens with two attached hydrogens (primary N) is 2. The summed E-state index contributed by atoms with van der Waals surface area (Å²) < 4.78 is 0. The normalized spacial score (nSPS) is 33.5. The third-order valence-electron chi connectivity index (χ3n) is 2.42. The molecule has 1 rings (SSSR count). The van der Waals surface area contributed by atoms with Gasteiger partial charge in [0.25, 0.3) is 0 Å². The van der Waals surface area contributed by atoms with Crippen LogP contribution in [0, 0.1) is 0 Å². The molecule has 0 aromatic carbocycles. The number of hydrogen-bond donors (Lipinski definition) is 2. The van der Waals surface area contributed by atoms with E-state index in [2.05, 4.69) is 18.7 Å². The summed E-state index contributed by atoms with van der Waals surface area (Å²) in [7, 11) is 0. The van der Waals surface area contributed by atoms with Gasteiger partial charge in [-0.15, -0.1) is 0 Å². The molecule has 66 valence electrons. The zero-order chi connectivity index (χ0) is 8.43. The quantitative estimate of drug-likeness (QED) is 0.581. The lowest BCUT2D eigenvalue weighted by molar-refractivity contribution is 0.207. The van der Waals surface area contributed by atoms with E-state index in [9.17, 15) is 0 Å². The standard InChI is InChI=1S/C8H19N3/c1-6(2)11-5-7(10)3-8(11)4-9/h6-8H,3-5,9-10H2,1-2H3/t7-,8-/m1/s1. The highest BCUT2D eigenvalue weighted by molar-refractivity contribution is 4.89. The van der Waals surface area contributed by atoms with Crippen LogP contribution in [0.5, 0.6) is 0 Å². The van der Waals surface area contributed by atoms with Gasteiger partial charge in [-0.1, -0.05) is 0 Å². The van der Waals surface area contributed by atoms with E-state index < -0.39 is 0 Å². The van der Waals surface area contributed by atoms with E-state index in [4.69, 9.17) is 11.5 Å². The maximum Gasteiger partial charge on any atom is 0.0236 e. The third-order valence-corrected chi connectivity index (χ3v) is 2.42. The Kier molecular flexibility index (Phi) is 2.87. The number of nitrogens with zero attached hydrogens (tertiary/aromatic N) is 1. The number of likely N-dealkylation sites (tertiary alicyclic amines) is 1. The molecule has 0 spiro atoms. The van der Waals surface area contributed by atoms with Crippen LogP contribution >= 0.6 is 0 Å². The molecule has 0 aromatic rings. The zero-order valence-electron chi connectivity index (χ0n) is 7.46. The van der Waals surface area contributed by atoms with Gasteiger partial charge < -0.3 is 11.5 Å². The minimum atomic E-state index is 0.339. The summed E-state index contributed by atoms with van der Waals surface area (Å²) in [4.78, 5) is 2.39. The second-order valence-corrected chi connectivity index (χ2v) is 3.68. The fourth-order valence-corrected chi connectivity index (χ4v) is 1.84. The van der Waals surface area contributed by atoms with Crippen molar-refractivity contribution in [3.05, 3.63) is 0 Å². The Morgan fingerprint density at radius 2 is 2.18 bits per heavy atom. The molecular weight excluding hydrogens is 138 g/mol. The van der Waals surface area contributed by atoms with Crippen LogP contribution in [-0.4, -0.2) is 36.1 Å². The van der Waals surface area contributed by atoms with E-state index in [0.29, 0.717) is 18.1 Å². The molecule has 1 aliphatic heterocycles. The highest BCUT2D eigenvalue weighted by atomic mass is 15.2. The first-order valence-corrected chi connectivity index (χ1v) is 4.36. The SMILES string of the molecule is CC(C)N1C[C@H](N)C[C@@H]1CN. The van der Waals surface area contributed by atoms with Crippen molar-refractivity contribution in [2.24, 2.45) is 11.5 Å². The molecule has 0 saturated carbocycles. The molecule has 0 radical (unpaired) electrons. The van der Waals surface area contributed by atoms with E-state index >= 15 is 0 Å². The summed E-state index contributed by atoms with van der Waals surface area (Å²) in [5, 5.41) is 0. The van der Waals surface area contributed by atoms with E-state index in [1.165, 1.54) is 0 Å². The van der Waals surface area contributed by atoms with Crippen molar-refractivity contribution in [2.75, 3.05) is 13.1 Å². The van der Waals surface area contributed by atoms with Crippen LogP contribution in [0.15, 0.2) is 0 Å². The summed E-state index contributed by atoms with van der Waals surface area (Å²) in [6.07, 6.45) is 1.06. The Morgan fingerprint density at radius 3 is 2.55 bits per heavy atom. The van der Waals surface area contributed by atoms with Crippen LogP contribution in [0.4, 0.5) is 0 Å². The molecule has 0 aromatic heterocycles. The maximum atomic E-state index is 5.83. The topological polar surface area (TPSA) is 55.3 Å². The fraction of sp³-hybridized carbons (Fsp3) is 1.00. The maximum absolute atomic E-state index is 5.83. The van der Waals surface area contributed by atoms with Crippen LogP contribution in [0.3, 0.4) is 0 Å². The molecule has 11 heavy (non-hydrogen) atoms. The Morgan fingerprint density at radius 1 is 1.55 bits per heavy atom. The van der Waals surface area contributed by atoms with E-state index in [1.807, 2.05) is 0 Å². The predicted molar refractivity (Wildman–Crippen MR) is 47.3 cm³/mol. The van der Waals surface area contributed by atoms with Gasteiger partial charge >= 0.3 is 0 Å². The average molecular weight is 157 g/mol. The largest absolute Gasteiger partial charge is 0.329 e. The minimum Gasteiger partial charge on any atom is -0.329 e. The van der Waals surface area contributed by atoms with Crippen molar-refractivity contribution in [1.29, 1.82) is 0 Å². The Bertz CT molecular complexity index is 125. The van der Waals surface area contributed by atoms with Crippen LogP contribution < -0.4 is 11.5 Å². The Balaban J connectivity index is 2.50. The van der Waals surface area contributed by atoms with Crippen molar-refractivity contribution in [3.8, 4) is 0 Å². The summed E-state index contributed by atoms with van der Waals surface area (Å²) >= 11 is 0. The first-order valence-electron chi connectivity index (χ1n) is 4.36. The Labute approximate surface area is 68.7 Å². The lowest BCUT2D eigenvalue weighted by atomic mass is 10.2. The van der Waals surface area contributed by atoms with Gasteiger partial charge in [-0.3, -0.25) is 4.90 Å². The van der Waals surface area contributed by atoms with Crippen LogP contribution in [-0.2, 0) is 0 Å². The van der Waals surface area contributed by atoms with Gasteiger partial charge in [-0.2, -0.15) is 0 Å². The first kappa shape index (κ1) is 8.97. The molecular formula is C8H19N3. The van der Waals surface area contributed by atoms with E-state index in [0.717, 1.165) is 19.5 Å². The van der Waals surface area contributed by atoms with Crippen LogP contribution in [0.2, 0.25) is 0 Å². The summed E-state index contributed by atoms with van der Waals surface area (Å²) in [6.45, 7) is 6.15. The van der Waals surface area contributed by atoms with Gasteiger partial charge in [0, 0.05) is 31.2 Å². The second-order valence-electron chi connectivity index (χ2n) is 3.68. The van der Waals surface area contributed by atoms with Crippen molar-refractivity contribution in [1.82, 2.24) is 4.90 Å². The highest BCUT2D eigenvalue weighted by Gasteiger charge is 2.30. The smallest absolute Gasteiger partial charge is 0.0236 e. The lowest BCUT2D eigenvalue weighted by Crippen LogP contribution is -2.40. The molecule has 0 unspecified atom stereocenters. The van der Waals surface area contributed by atoms with Crippen LogP contribution in [0.25, 0.3) is 0 Å². The number of hydrogen-bond acceptors (Lipinski definition) is 3. The third kappa shape index (κ3) is 1.92. The van der Waals surface area contributed by atoms with Gasteiger partial charge in [-0.25, -0.2) is 0 Å². The molecule has 3 nitrogen and oxygen atoms in total. The molecule has 1 aliphatic rings. The molecule has 1 saturated heterocycles. The molecule has 3 heteroatoms. The minimum absolute atomic E-state index is 0.339. The van der Waals surface area contributed by atoms with Gasteiger partial charge in [0.05, 0.1) is 0 Å². The summed E-state index contributed by atoms with van der Waals surface area (Å²) in [5.41, 5.74) is 11.5. The van der Waals surface area contributed by atoms with Crippen molar-refractivity contribution in [3.63, 3.8) is 0 Å². The Hall–Kier alpha value is -0.120. The molecule has 2 atom stereocenters. The average Bonchev–Trinajstić information content (AvgIpc) is 2.30. The molecule has 4 N–H and O–H groups in total. The molecule has 0 amide bonds. The predicted octanol–water partition coefficient (Wildman–Crippen LogP) is -0.245. The monoisotopic (exact) mass is 157 g/mol. The zero-order valence-corrected chi connectivity index (χ0v) is 7.46. The summed E-state index contributed by atoms with van der Waals surface area (Å²) in [6, 6.07) is 1.44.